The number of thioether (sulfide) groups is 1. The maximum absolute atomic E-state index is 4.42. The largest absolute Gasteiger partial charge is 0.309 e. The summed E-state index contributed by atoms with van der Waals surface area (Å²) in [5.74, 6) is 2.23. The smallest absolute Gasteiger partial charge is 0.103 e. The predicted octanol–water partition coefficient (Wildman–Crippen LogP) is 3.28. The molecule has 4 heteroatoms. The van der Waals surface area contributed by atoms with Crippen molar-refractivity contribution in [2.75, 3.05) is 5.75 Å². The Labute approximate surface area is 101 Å². The second-order valence-corrected chi connectivity index (χ2v) is 6.02. The Balaban J connectivity index is 2.32. The van der Waals surface area contributed by atoms with Crippen molar-refractivity contribution in [1.29, 1.82) is 0 Å². The Morgan fingerprint density at radius 3 is 3.00 bits per heavy atom. The molecule has 1 atom stereocenters. The normalized spacial score (nSPS) is 13.0. The van der Waals surface area contributed by atoms with Gasteiger partial charge in [0.2, 0.25) is 0 Å². The molecule has 15 heavy (non-hydrogen) atoms. The van der Waals surface area contributed by atoms with Crippen molar-refractivity contribution >= 4 is 23.1 Å². The van der Waals surface area contributed by atoms with E-state index in [0.717, 1.165) is 12.3 Å². The molecule has 0 amide bonds. The Morgan fingerprint density at radius 1 is 1.53 bits per heavy atom. The molecule has 0 bridgehead atoms. The maximum atomic E-state index is 4.42. The summed E-state index contributed by atoms with van der Waals surface area (Å²) in [6.07, 6.45) is 3.18. The first-order chi connectivity index (χ1) is 7.26. The van der Waals surface area contributed by atoms with Gasteiger partial charge in [-0.1, -0.05) is 13.8 Å². The molecule has 0 spiro atoms. The van der Waals surface area contributed by atoms with Gasteiger partial charge in [-0.25, -0.2) is 4.98 Å². The molecule has 0 saturated carbocycles. The molecule has 0 radical (unpaired) electrons. The minimum absolute atomic E-state index is 0.598. The van der Waals surface area contributed by atoms with Crippen LogP contribution >= 0.6 is 23.1 Å². The Hall–Kier alpha value is -0.0600. The van der Waals surface area contributed by atoms with E-state index >= 15 is 0 Å². The van der Waals surface area contributed by atoms with Crippen molar-refractivity contribution in [2.24, 2.45) is 0 Å². The summed E-state index contributed by atoms with van der Waals surface area (Å²) < 4.78 is 0. The highest BCUT2D eigenvalue weighted by molar-refractivity contribution is 7.98. The van der Waals surface area contributed by atoms with Gasteiger partial charge >= 0.3 is 0 Å². The van der Waals surface area contributed by atoms with Crippen molar-refractivity contribution in [1.82, 2.24) is 10.3 Å². The van der Waals surface area contributed by atoms with E-state index in [4.69, 9.17) is 0 Å². The Kier molecular flexibility index (Phi) is 6.29. The van der Waals surface area contributed by atoms with Gasteiger partial charge in [0.15, 0.2) is 0 Å². The van der Waals surface area contributed by atoms with Crippen molar-refractivity contribution < 1.29 is 0 Å². The first-order valence-corrected chi connectivity index (χ1v) is 7.48. The van der Waals surface area contributed by atoms with Crippen LogP contribution in [-0.4, -0.2) is 16.8 Å². The lowest BCUT2D eigenvalue weighted by atomic mass is 10.2. The molecule has 1 heterocycles. The van der Waals surface area contributed by atoms with Crippen LogP contribution in [0.3, 0.4) is 0 Å². The highest BCUT2D eigenvalue weighted by atomic mass is 32.2. The summed E-state index contributed by atoms with van der Waals surface area (Å²) in [6, 6.07) is 0.598. The van der Waals surface area contributed by atoms with Gasteiger partial charge in [-0.3, -0.25) is 0 Å². The topological polar surface area (TPSA) is 24.9 Å². The van der Waals surface area contributed by atoms with Crippen molar-refractivity contribution in [3.05, 3.63) is 16.1 Å². The monoisotopic (exact) mass is 244 g/mol. The van der Waals surface area contributed by atoms with Crippen molar-refractivity contribution in [2.45, 2.75) is 45.5 Å². The summed E-state index contributed by atoms with van der Waals surface area (Å²) in [4.78, 5) is 5.76. The van der Waals surface area contributed by atoms with E-state index in [1.165, 1.54) is 22.1 Å². The fourth-order valence-electron chi connectivity index (χ4n) is 1.11. The molecular weight excluding hydrogens is 224 g/mol. The molecule has 1 aromatic heterocycles. The summed E-state index contributed by atoms with van der Waals surface area (Å²) in [5, 5.41) is 4.73. The van der Waals surface area contributed by atoms with Gasteiger partial charge in [-0.2, -0.15) is 11.8 Å². The molecule has 0 aromatic carbocycles. The average Bonchev–Trinajstić information content (AvgIpc) is 2.71. The summed E-state index contributed by atoms with van der Waals surface area (Å²) in [5.41, 5.74) is 0. The predicted molar refractivity (Wildman–Crippen MR) is 70.5 cm³/mol. The third-order valence-corrected chi connectivity index (χ3v) is 4.33. The fourth-order valence-corrected chi connectivity index (χ4v) is 2.71. The summed E-state index contributed by atoms with van der Waals surface area (Å²) >= 11 is 3.76. The molecule has 86 valence electrons. The summed E-state index contributed by atoms with van der Waals surface area (Å²) in [6.45, 7) is 7.57. The second-order valence-electron chi connectivity index (χ2n) is 3.55. The zero-order chi connectivity index (χ0) is 11.1. The number of nitrogens with zero attached hydrogens (tertiary/aromatic N) is 1. The lowest BCUT2D eigenvalue weighted by Gasteiger charge is -2.08. The van der Waals surface area contributed by atoms with E-state index in [9.17, 15) is 0 Å². The van der Waals surface area contributed by atoms with Gasteiger partial charge in [-0.15, -0.1) is 11.3 Å². The minimum atomic E-state index is 0.598. The Bertz CT molecular complexity index is 273. The quantitative estimate of drug-likeness (QED) is 0.797. The molecule has 1 aromatic rings. The molecule has 1 N–H and O–H groups in total. The number of nitrogens with one attached hydrogen (secondary N) is 1. The molecule has 0 aliphatic heterocycles. The van der Waals surface area contributed by atoms with Crippen LogP contribution in [0, 0.1) is 0 Å². The van der Waals surface area contributed by atoms with E-state index in [0.29, 0.717) is 6.04 Å². The van der Waals surface area contributed by atoms with Crippen LogP contribution in [0.15, 0.2) is 6.20 Å². The van der Waals surface area contributed by atoms with Crippen LogP contribution in [0.5, 0.6) is 0 Å². The highest BCUT2D eigenvalue weighted by Gasteiger charge is 2.03. The number of hydrogen-bond acceptors (Lipinski definition) is 4. The van der Waals surface area contributed by atoms with Crippen LogP contribution in [0.4, 0.5) is 0 Å². The van der Waals surface area contributed by atoms with Crippen molar-refractivity contribution in [3.8, 4) is 0 Å². The molecular formula is C11H20N2S2. The standard InChI is InChI=1S/C11H20N2S2/c1-4-9(3)12-6-10-7-13-11(15-10)8-14-5-2/h7,9,12H,4-6,8H2,1-3H3. The van der Waals surface area contributed by atoms with Gasteiger partial charge < -0.3 is 5.32 Å². The lowest BCUT2D eigenvalue weighted by Crippen LogP contribution is -2.23. The fraction of sp³-hybridized carbons (Fsp3) is 0.727. The van der Waals surface area contributed by atoms with Crippen molar-refractivity contribution in [3.63, 3.8) is 0 Å². The van der Waals surface area contributed by atoms with E-state index in [2.05, 4.69) is 31.1 Å². The van der Waals surface area contributed by atoms with Crippen LogP contribution in [0.2, 0.25) is 0 Å². The first kappa shape index (κ1) is 13.0. The molecule has 2 nitrogen and oxygen atoms in total. The average molecular weight is 244 g/mol. The van der Waals surface area contributed by atoms with E-state index in [-0.39, 0.29) is 0 Å². The lowest BCUT2D eigenvalue weighted by molar-refractivity contribution is 0.537. The first-order valence-electron chi connectivity index (χ1n) is 5.51. The van der Waals surface area contributed by atoms with Gasteiger partial charge in [-0.05, 0) is 19.1 Å². The van der Waals surface area contributed by atoms with Crippen LogP contribution < -0.4 is 5.32 Å². The second kappa shape index (κ2) is 7.25. The molecule has 0 saturated heterocycles. The molecule has 0 fully saturated rings. The van der Waals surface area contributed by atoms with E-state index in [1.54, 1.807) is 0 Å². The molecule has 1 rings (SSSR count). The number of thiazole rings is 1. The van der Waals surface area contributed by atoms with Gasteiger partial charge in [0.05, 0.1) is 0 Å². The van der Waals surface area contributed by atoms with Gasteiger partial charge in [0.1, 0.15) is 5.01 Å². The van der Waals surface area contributed by atoms with E-state index in [1.807, 2.05) is 29.3 Å². The Morgan fingerprint density at radius 2 is 2.33 bits per heavy atom. The van der Waals surface area contributed by atoms with Gasteiger partial charge in [0.25, 0.3) is 0 Å². The number of hydrogen-bond donors (Lipinski definition) is 1. The summed E-state index contributed by atoms with van der Waals surface area (Å²) in [7, 11) is 0. The third kappa shape index (κ3) is 5.00. The number of aromatic nitrogens is 1. The SMILES string of the molecule is CCSCc1ncc(CNC(C)CC)s1. The minimum Gasteiger partial charge on any atom is -0.309 e. The highest BCUT2D eigenvalue weighted by Crippen LogP contribution is 2.18. The van der Waals surface area contributed by atoms with Crippen LogP contribution in [0.1, 0.15) is 37.1 Å². The zero-order valence-corrected chi connectivity index (χ0v) is 11.4. The molecule has 0 aliphatic rings. The molecule has 0 aliphatic carbocycles. The zero-order valence-electron chi connectivity index (χ0n) is 9.75. The molecule has 1 unspecified atom stereocenters. The van der Waals surface area contributed by atoms with Gasteiger partial charge in [0, 0.05) is 29.4 Å². The van der Waals surface area contributed by atoms with E-state index < -0.39 is 0 Å². The maximum Gasteiger partial charge on any atom is 0.103 e. The van der Waals surface area contributed by atoms with Crippen LogP contribution in [0.25, 0.3) is 0 Å². The third-order valence-electron chi connectivity index (χ3n) is 2.27. The number of rotatable bonds is 7. The van der Waals surface area contributed by atoms with Crippen LogP contribution in [-0.2, 0) is 12.3 Å².